The van der Waals surface area contributed by atoms with Crippen molar-refractivity contribution in [1.29, 1.82) is 0 Å². The number of para-hydroxylation sites is 2. The van der Waals surface area contributed by atoms with Crippen molar-refractivity contribution in [1.82, 2.24) is 0 Å². The van der Waals surface area contributed by atoms with Crippen LogP contribution in [0.1, 0.15) is 35.9 Å². The maximum Gasteiger partial charge on any atom is 0.269 e. The molecular formula is C25H21N3O3. The minimum atomic E-state index is -0.463. The molecule has 0 amide bonds. The molecule has 5 rings (SSSR count). The molecule has 0 fully saturated rings. The van der Waals surface area contributed by atoms with Gasteiger partial charge in [-0.05, 0) is 35.6 Å². The van der Waals surface area contributed by atoms with E-state index in [9.17, 15) is 14.9 Å². The summed E-state index contributed by atoms with van der Waals surface area (Å²) >= 11 is 0. The van der Waals surface area contributed by atoms with Gasteiger partial charge < -0.3 is 10.6 Å². The number of nitrogens with zero attached hydrogens (tertiary/aromatic N) is 1. The van der Waals surface area contributed by atoms with Gasteiger partial charge in [0.1, 0.15) is 0 Å². The van der Waals surface area contributed by atoms with Crippen molar-refractivity contribution < 1.29 is 9.72 Å². The van der Waals surface area contributed by atoms with E-state index in [1.54, 1.807) is 12.1 Å². The molecule has 0 saturated carbocycles. The fourth-order valence-corrected chi connectivity index (χ4v) is 4.52. The SMILES string of the molecule is O=C1CC(c2ccccc2)CC2=C1C(c1cccc([N+](=O)[O-])c1)Nc1ccccc1N2. The van der Waals surface area contributed by atoms with Crippen molar-refractivity contribution in [3.63, 3.8) is 0 Å². The van der Waals surface area contributed by atoms with E-state index in [2.05, 4.69) is 22.8 Å². The molecular weight excluding hydrogens is 390 g/mol. The number of hydrogen-bond acceptors (Lipinski definition) is 5. The first-order valence-electron chi connectivity index (χ1n) is 10.3. The van der Waals surface area contributed by atoms with E-state index in [0.29, 0.717) is 24.0 Å². The molecule has 2 atom stereocenters. The van der Waals surface area contributed by atoms with Crippen LogP contribution < -0.4 is 10.6 Å². The second-order valence-corrected chi connectivity index (χ2v) is 7.93. The second kappa shape index (κ2) is 7.72. The number of nitro benzene ring substituents is 1. The Kier molecular flexibility index (Phi) is 4.75. The monoisotopic (exact) mass is 411 g/mol. The van der Waals surface area contributed by atoms with Crippen LogP contribution in [0.15, 0.2) is 90.1 Å². The van der Waals surface area contributed by atoms with Gasteiger partial charge in [-0.3, -0.25) is 14.9 Å². The third kappa shape index (κ3) is 3.57. The molecule has 0 aromatic heterocycles. The number of fused-ring (bicyclic) bond motifs is 1. The maximum atomic E-state index is 13.4. The number of hydrogen-bond donors (Lipinski definition) is 2. The molecule has 0 bridgehead atoms. The molecule has 31 heavy (non-hydrogen) atoms. The molecule has 0 spiro atoms. The number of nitro groups is 1. The van der Waals surface area contributed by atoms with E-state index in [4.69, 9.17) is 0 Å². The van der Waals surface area contributed by atoms with Gasteiger partial charge >= 0.3 is 0 Å². The Labute approximate surface area is 179 Å². The Morgan fingerprint density at radius 2 is 1.55 bits per heavy atom. The number of carbonyl (C=O) groups is 1. The van der Waals surface area contributed by atoms with Crippen LogP contribution in [0.4, 0.5) is 17.1 Å². The van der Waals surface area contributed by atoms with Gasteiger partial charge in [0.25, 0.3) is 5.69 Å². The average molecular weight is 411 g/mol. The zero-order valence-electron chi connectivity index (χ0n) is 16.7. The smallest absolute Gasteiger partial charge is 0.269 e. The van der Waals surface area contributed by atoms with Crippen molar-refractivity contribution in [2.24, 2.45) is 0 Å². The van der Waals surface area contributed by atoms with Gasteiger partial charge in [-0.1, -0.05) is 54.6 Å². The van der Waals surface area contributed by atoms with Gasteiger partial charge in [-0.15, -0.1) is 0 Å². The Balaban J connectivity index is 1.63. The summed E-state index contributed by atoms with van der Waals surface area (Å²) in [5, 5.41) is 18.3. The van der Waals surface area contributed by atoms with Crippen molar-refractivity contribution in [2.45, 2.75) is 24.8 Å². The summed E-state index contributed by atoms with van der Waals surface area (Å²) in [6.45, 7) is 0. The highest BCUT2D eigenvalue weighted by molar-refractivity contribution is 6.01. The summed E-state index contributed by atoms with van der Waals surface area (Å²) in [6, 6.07) is 23.9. The first-order chi connectivity index (χ1) is 15.1. The van der Waals surface area contributed by atoms with Crippen molar-refractivity contribution in [2.75, 3.05) is 10.6 Å². The Hall–Kier alpha value is -3.93. The van der Waals surface area contributed by atoms with Crippen molar-refractivity contribution in [3.05, 3.63) is 111 Å². The largest absolute Gasteiger partial charge is 0.372 e. The number of benzene rings is 3. The lowest BCUT2D eigenvalue weighted by molar-refractivity contribution is -0.384. The molecule has 3 aromatic carbocycles. The quantitative estimate of drug-likeness (QED) is 0.434. The van der Waals surface area contributed by atoms with E-state index >= 15 is 0 Å². The first kappa shape index (κ1) is 19.1. The number of allylic oxidation sites excluding steroid dienone is 1. The summed E-state index contributed by atoms with van der Waals surface area (Å²) in [6.07, 6.45) is 1.11. The summed E-state index contributed by atoms with van der Waals surface area (Å²) < 4.78 is 0. The molecule has 154 valence electrons. The van der Waals surface area contributed by atoms with Gasteiger partial charge in [-0.25, -0.2) is 0 Å². The lowest BCUT2D eigenvalue weighted by Crippen LogP contribution is -2.26. The van der Waals surface area contributed by atoms with Crippen LogP contribution in [0, 0.1) is 10.1 Å². The Bertz CT molecular complexity index is 1200. The summed E-state index contributed by atoms with van der Waals surface area (Å²) in [4.78, 5) is 24.4. The van der Waals surface area contributed by atoms with E-state index in [0.717, 1.165) is 22.6 Å². The number of non-ortho nitro benzene ring substituents is 1. The van der Waals surface area contributed by atoms with Gasteiger partial charge in [0.05, 0.1) is 22.3 Å². The number of carbonyl (C=O) groups excluding carboxylic acids is 1. The van der Waals surface area contributed by atoms with E-state index < -0.39 is 11.0 Å². The van der Waals surface area contributed by atoms with E-state index in [-0.39, 0.29) is 17.4 Å². The molecule has 2 aliphatic rings. The predicted octanol–water partition coefficient (Wildman–Crippen LogP) is 5.57. The minimum absolute atomic E-state index is 0.0114. The lowest BCUT2D eigenvalue weighted by atomic mass is 9.78. The third-order valence-electron chi connectivity index (χ3n) is 5.99. The number of anilines is 2. The fourth-order valence-electron chi connectivity index (χ4n) is 4.52. The number of nitrogens with one attached hydrogen (secondary N) is 2. The van der Waals surface area contributed by atoms with Crippen LogP contribution in [0.2, 0.25) is 0 Å². The Morgan fingerprint density at radius 1 is 0.839 bits per heavy atom. The maximum absolute atomic E-state index is 13.4. The molecule has 2 unspecified atom stereocenters. The fraction of sp³-hybridized carbons (Fsp3) is 0.160. The molecule has 0 saturated heterocycles. The van der Waals surface area contributed by atoms with Crippen LogP contribution in [0.5, 0.6) is 0 Å². The Morgan fingerprint density at radius 3 is 2.32 bits per heavy atom. The highest BCUT2D eigenvalue weighted by Crippen LogP contribution is 2.44. The normalized spacial score (nSPS) is 20.1. The molecule has 6 nitrogen and oxygen atoms in total. The topological polar surface area (TPSA) is 84.3 Å². The van der Waals surface area contributed by atoms with Crippen LogP contribution in [0.3, 0.4) is 0 Å². The molecule has 6 heteroatoms. The lowest BCUT2D eigenvalue weighted by Gasteiger charge is -2.29. The van der Waals surface area contributed by atoms with Crippen molar-refractivity contribution in [3.8, 4) is 0 Å². The first-order valence-corrected chi connectivity index (χ1v) is 10.3. The summed E-state index contributed by atoms with van der Waals surface area (Å²) in [5.41, 5.74) is 5.13. The standard InChI is InChI=1S/C25H21N3O3/c29-23-15-18(16-7-2-1-3-8-16)14-22-24(23)25(17-9-6-10-19(13-17)28(30)31)27-21-12-5-4-11-20(21)26-22/h1-13,18,25-27H,14-15H2. The van der Waals surface area contributed by atoms with E-state index in [1.165, 1.54) is 6.07 Å². The van der Waals surface area contributed by atoms with Gasteiger partial charge in [0, 0.05) is 29.8 Å². The molecule has 1 aliphatic heterocycles. The molecule has 1 heterocycles. The average Bonchev–Trinajstić information content (AvgIpc) is 2.96. The summed E-state index contributed by atoms with van der Waals surface area (Å²) in [5.74, 6) is 0.149. The highest BCUT2D eigenvalue weighted by Gasteiger charge is 2.36. The van der Waals surface area contributed by atoms with Gasteiger partial charge in [-0.2, -0.15) is 0 Å². The number of Topliss-reactive ketones (excluding diaryl/α,β-unsaturated/α-hetero) is 1. The number of ketones is 1. The van der Waals surface area contributed by atoms with Crippen LogP contribution in [0.25, 0.3) is 0 Å². The molecule has 2 N–H and O–H groups in total. The zero-order chi connectivity index (χ0) is 21.4. The molecule has 3 aromatic rings. The number of rotatable bonds is 3. The third-order valence-corrected chi connectivity index (χ3v) is 5.99. The van der Waals surface area contributed by atoms with Crippen LogP contribution in [-0.4, -0.2) is 10.7 Å². The molecule has 0 radical (unpaired) electrons. The van der Waals surface area contributed by atoms with E-state index in [1.807, 2.05) is 48.5 Å². The predicted molar refractivity (Wildman–Crippen MR) is 120 cm³/mol. The van der Waals surface area contributed by atoms with Crippen LogP contribution >= 0.6 is 0 Å². The van der Waals surface area contributed by atoms with Crippen molar-refractivity contribution >= 4 is 22.8 Å². The van der Waals surface area contributed by atoms with Gasteiger partial charge in [0.2, 0.25) is 0 Å². The van der Waals surface area contributed by atoms with Crippen LogP contribution in [-0.2, 0) is 4.79 Å². The minimum Gasteiger partial charge on any atom is -0.372 e. The van der Waals surface area contributed by atoms with Gasteiger partial charge in [0.15, 0.2) is 5.78 Å². The summed E-state index contributed by atoms with van der Waals surface area (Å²) in [7, 11) is 0. The molecule has 1 aliphatic carbocycles. The highest BCUT2D eigenvalue weighted by atomic mass is 16.6. The second-order valence-electron chi connectivity index (χ2n) is 7.93. The zero-order valence-corrected chi connectivity index (χ0v) is 16.7.